The summed E-state index contributed by atoms with van der Waals surface area (Å²) in [7, 11) is 0. The Morgan fingerprint density at radius 1 is 0.269 bits per heavy atom. The Kier molecular flexibility index (Phi) is 9.40. The second-order valence-corrected chi connectivity index (χ2v) is 18.3. The lowest BCUT2D eigenvalue weighted by Gasteiger charge is -2.26. The first-order chi connectivity index (χ1) is 33.2. The van der Waals surface area contributed by atoms with Crippen LogP contribution in [-0.2, 0) is 0 Å². The second-order valence-electron chi connectivity index (χ2n) is 17.3. The standard InChI is InChI=1S/C64H42N2S/c1-2-13-43(14-3-1)44-25-27-45(28-26-44)46-29-36-50(37-30-46)65(52-40-33-49(34-41-52)55-20-12-21-58-59-42-35-47-15-4-5-17-54(47)64(59)67-63(55)58)51-38-31-48(32-39-51)53-16-6-9-22-60(53)66-61-23-10-7-18-56(61)57-19-8-11-24-62(57)66/h1-42H. The highest BCUT2D eigenvalue weighted by atomic mass is 32.1. The van der Waals surface area contributed by atoms with Gasteiger partial charge in [-0.3, -0.25) is 0 Å². The van der Waals surface area contributed by atoms with Gasteiger partial charge in [0.05, 0.1) is 16.7 Å². The summed E-state index contributed by atoms with van der Waals surface area (Å²) in [5.74, 6) is 0. The summed E-state index contributed by atoms with van der Waals surface area (Å²) in [6.45, 7) is 0. The molecule has 0 atom stereocenters. The highest BCUT2D eigenvalue weighted by molar-refractivity contribution is 7.27. The van der Waals surface area contributed by atoms with Crippen LogP contribution in [0.1, 0.15) is 0 Å². The van der Waals surface area contributed by atoms with Gasteiger partial charge in [0.1, 0.15) is 0 Å². The van der Waals surface area contributed by atoms with Crippen LogP contribution in [0.25, 0.3) is 103 Å². The number of anilines is 3. The van der Waals surface area contributed by atoms with Crippen molar-refractivity contribution in [3.8, 4) is 50.2 Å². The number of thiophene rings is 1. The molecule has 0 N–H and O–H groups in total. The fraction of sp³-hybridized carbons (Fsp3) is 0. The molecule has 0 spiro atoms. The van der Waals surface area contributed by atoms with Crippen LogP contribution in [0.5, 0.6) is 0 Å². The zero-order valence-electron chi connectivity index (χ0n) is 36.6. The number of aromatic nitrogens is 1. The van der Waals surface area contributed by atoms with Crippen LogP contribution in [0, 0.1) is 0 Å². The van der Waals surface area contributed by atoms with Crippen molar-refractivity contribution in [2.45, 2.75) is 0 Å². The highest BCUT2D eigenvalue weighted by Crippen LogP contribution is 2.44. The largest absolute Gasteiger partial charge is 0.311 e. The topological polar surface area (TPSA) is 8.17 Å². The normalized spacial score (nSPS) is 11.6. The van der Waals surface area contributed by atoms with Crippen LogP contribution in [0.3, 0.4) is 0 Å². The van der Waals surface area contributed by atoms with E-state index in [1.165, 1.54) is 91.7 Å². The lowest BCUT2D eigenvalue weighted by Crippen LogP contribution is -2.09. The molecule has 0 amide bonds. The molecule has 13 aromatic rings. The minimum absolute atomic E-state index is 1.09. The Morgan fingerprint density at radius 2 is 0.701 bits per heavy atom. The van der Waals surface area contributed by atoms with Gasteiger partial charge in [0.15, 0.2) is 0 Å². The van der Waals surface area contributed by atoms with Crippen LogP contribution in [0.4, 0.5) is 17.1 Å². The van der Waals surface area contributed by atoms with Gasteiger partial charge in [-0.1, -0.05) is 200 Å². The monoisotopic (exact) mass is 870 g/mol. The third kappa shape index (κ3) is 6.71. The Balaban J connectivity index is 0.893. The van der Waals surface area contributed by atoms with Gasteiger partial charge in [-0.05, 0) is 104 Å². The predicted octanol–water partition coefficient (Wildman–Crippen LogP) is 18.4. The summed E-state index contributed by atoms with van der Waals surface area (Å²) < 4.78 is 5.09. The van der Waals surface area contributed by atoms with Gasteiger partial charge in [-0.25, -0.2) is 0 Å². The third-order valence-electron chi connectivity index (χ3n) is 13.4. The maximum Gasteiger partial charge on any atom is 0.0541 e. The van der Waals surface area contributed by atoms with Crippen LogP contribution in [0.15, 0.2) is 255 Å². The van der Waals surface area contributed by atoms with E-state index in [0.717, 1.165) is 28.3 Å². The van der Waals surface area contributed by atoms with Crippen LogP contribution < -0.4 is 4.90 Å². The maximum absolute atomic E-state index is 2.42. The molecule has 67 heavy (non-hydrogen) atoms. The summed E-state index contributed by atoms with van der Waals surface area (Å²) in [5.41, 5.74) is 16.5. The quantitative estimate of drug-likeness (QED) is 0.148. The van der Waals surface area contributed by atoms with Crippen molar-refractivity contribution in [1.29, 1.82) is 0 Å². The fourth-order valence-corrected chi connectivity index (χ4v) is 11.5. The second kappa shape index (κ2) is 16.2. The van der Waals surface area contributed by atoms with Crippen LogP contribution >= 0.6 is 11.3 Å². The van der Waals surface area contributed by atoms with Gasteiger partial charge in [0.2, 0.25) is 0 Å². The smallest absolute Gasteiger partial charge is 0.0541 e. The van der Waals surface area contributed by atoms with E-state index < -0.39 is 0 Å². The molecule has 0 fully saturated rings. The molecule has 0 aliphatic heterocycles. The molecule has 0 unspecified atom stereocenters. The van der Waals surface area contributed by atoms with Gasteiger partial charge < -0.3 is 9.47 Å². The highest BCUT2D eigenvalue weighted by Gasteiger charge is 2.18. The van der Waals surface area contributed by atoms with Crippen molar-refractivity contribution in [3.63, 3.8) is 0 Å². The summed E-state index contributed by atoms with van der Waals surface area (Å²) in [6, 6.07) is 92.9. The molecule has 2 aromatic heterocycles. The Labute approximate surface area is 393 Å². The lowest BCUT2D eigenvalue weighted by atomic mass is 9.99. The zero-order valence-corrected chi connectivity index (χ0v) is 37.4. The number of para-hydroxylation sites is 3. The molecule has 0 aliphatic carbocycles. The van der Waals surface area contributed by atoms with E-state index in [0.29, 0.717) is 0 Å². The van der Waals surface area contributed by atoms with Crippen molar-refractivity contribution in [2.24, 2.45) is 0 Å². The SMILES string of the molecule is c1ccc(-c2ccc(-c3ccc(N(c4ccc(-c5ccccc5-n5c6ccccc6c6ccccc65)cc4)c4ccc(-c5cccc6c5sc5c7ccccc7ccc65)cc4)cc3)cc2)cc1. The van der Waals surface area contributed by atoms with Gasteiger partial charge >= 0.3 is 0 Å². The molecular formula is C64H42N2S. The minimum atomic E-state index is 1.09. The Morgan fingerprint density at radius 3 is 1.33 bits per heavy atom. The zero-order chi connectivity index (χ0) is 44.3. The lowest BCUT2D eigenvalue weighted by molar-refractivity contribution is 1.18. The summed E-state index contributed by atoms with van der Waals surface area (Å²) in [6.07, 6.45) is 0. The van der Waals surface area contributed by atoms with Crippen LogP contribution in [-0.4, -0.2) is 4.57 Å². The number of benzene rings is 11. The van der Waals surface area contributed by atoms with Crippen molar-refractivity contribution in [3.05, 3.63) is 255 Å². The Hall–Kier alpha value is -8.50. The maximum atomic E-state index is 2.42. The molecular weight excluding hydrogens is 829 g/mol. The molecule has 3 heteroatoms. The summed E-state index contributed by atoms with van der Waals surface area (Å²) >= 11 is 1.90. The average Bonchev–Trinajstić information content (AvgIpc) is 3.96. The van der Waals surface area contributed by atoms with E-state index >= 15 is 0 Å². The molecule has 314 valence electrons. The number of nitrogens with zero attached hydrogens (tertiary/aromatic N) is 2. The molecule has 0 radical (unpaired) electrons. The molecule has 2 heterocycles. The first kappa shape index (κ1) is 38.9. The number of fused-ring (bicyclic) bond motifs is 8. The molecule has 0 saturated heterocycles. The van der Waals surface area contributed by atoms with E-state index in [4.69, 9.17) is 0 Å². The van der Waals surface area contributed by atoms with Gasteiger partial charge in [0.25, 0.3) is 0 Å². The van der Waals surface area contributed by atoms with Crippen molar-refractivity contribution in [2.75, 3.05) is 4.90 Å². The number of hydrogen-bond donors (Lipinski definition) is 0. The molecule has 0 saturated carbocycles. The van der Waals surface area contributed by atoms with Crippen molar-refractivity contribution < 1.29 is 0 Å². The summed E-state index contributed by atoms with van der Waals surface area (Å²) in [5, 5.41) is 7.74. The van der Waals surface area contributed by atoms with Crippen molar-refractivity contribution in [1.82, 2.24) is 4.57 Å². The van der Waals surface area contributed by atoms with Gasteiger partial charge in [0, 0.05) is 53.6 Å². The number of hydrogen-bond acceptors (Lipinski definition) is 2. The summed E-state index contributed by atoms with van der Waals surface area (Å²) in [4.78, 5) is 2.38. The van der Waals surface area contributed by atoms with E-state index in [-0.39, 0.29) is 0 Å². The van der Waals surface area contributed by atoms with Gasteiger partial charge in [-0.15, -0.1) is 11.3 Å². The average molecular weight is 871 g/mol. The molecule has 13 rings (SSSR count). The van der Waals surface area contributed by atoms with Crippen LogP contribution in [0.2, 0.25) is 0 Å². The first-order valence-electron chi connectivity index (χ1n) is 22.9. The fourth-order valence-electron chi connectivity index (χ4n) is 10.2. The van der Waals surface area contributed by atoms with E-state index in [1.54, 1.807) is 0 Å². The Bertz CT molecular complexity index is 3880. The minimum Gasteiger partial charge on any atom is -0.311 e. The first-order valence-corrected chi connectivity index (χ1v) is 23.7. The van der Waals surface area contributed by atoms with E-state index in [1.807, 2.05) is 11.3 Å². The molecule has 0 bridgehead atoms. The third-order valence-corrected chi connectivity index (χ3v) is 14.7. The predicted molar refractivity (Wildman–Crippen MR) is 288 cm³/mol. The van der Waals surface area contributed by atoms with E-state index in [9.17, 15) is 0 Å². The molecule has 0 aliphatic rings. The van der Waals surface area contributed by atoms with Gasteiger partial charge in [-0.2, -0.15) is 0 Å². The molecule has 11 aromatic carbocycles. The van der Waals surface area contributed by atoms with E-state index in [2.05, 4.69) is 264 Å². The molecule has 2 nitrogen and oxygen atoms in total. The number of rotatable bonds is 8. The van der Waals surface area contributed by atoms with Crippen molar-refractivity contribution >= 4 is 81.1 Å².